The molecule has 0 aliphatic carbocycles. The van der Waals surface area contributed by atoms with Gasteiger partial charge in [-0.3, -0.25) is 9.59 Å². The fourth-order valence-corrected chi connectivity index (χ4v) is 1.71. The molecule has 0 spiro atoms. The number of imide groups is 1. The van der Waals surface area contributed by atoms with Crippen LogP contribution in [0.4, 0.5) is 10.5 Å². The van der Waals surface area contributed by atoms with E-state index in [0.29, 0.717) is 10.8 Å². The van der Waals surface area contributed by atoms with Gasteiger partial charge in [0.2, 0.25) is 0 Å². The van der Waals surface area contributed by atoms with Gasteiger partial charge in [-0.2, -0.15) is 0 Å². The number of ether oxygens (including phenoxy) is 1. The van der Waals surface area contributed by atoms with Gasteiger partial charge in [0.1, 0.15) is 5.60 Å². The first-order valence-electron chi connectivity index (χ1n) is 7.41. The van der Waals surface area contributed by atoms with Gasteiger partial charge in [-0.25, -0.2) is 9.59 Å². The molecule has 1 aliphatic heterocycles. The second-order valence-electron chi connectivity index (χ2n) is 6.12. The first-order valence-corrected chi connectivity index (χ1v) is 7.41. The largest absolute Gasteiger partial charge is 0.444 e. The van der Waals surface area contributed by atoms with Crippen LogP contribution in [0.25, 0.3) is 0 Å². The second-order valence-corrected chi connectivity index (χ2v) is 6.12. The van der Waals surface area contributed by atoms with Gasteiger partial charge in [-0.15, -0.1) is 5.06 Å². The normalized spacial score (nSPS) is 13.8. The van der Waals surface area contributed by atoms with Crippen LogP contribution in [-0.4, -0.2) is 34.5 Å². The molecule has 0 aromatic heterocycles. The van der Waals surface area contributed by atoms with Crippen LogP contribution in [0.5, 0.6) is 0 Å². The van der Waals surface area contributed by atoms with Gasteiger partial charge in [-0.05, 0) is 45.0 Å². The summed E-state index contributed by atoms with van der Waals surface area (Å²) in [5.74, 6) is -1.76. The Bertz CT molecular complexity index is 647. The lowest BCUT2D eigenvalue weighted by molar-refractivity contribution is -0.172. The summed E-state index contributed by atoms with van der Waals surface area (Å²) < 4.78 is 4.58. The number of primary amides is 1. The molecule has 0 saturated carbocycles. The van der Waals surface area contributed by atoms with Crippen molar-refractivity contribution in [3.8, 4) is 0 Å². The molecule has 9 heteroatoms. The Labute approximate surface area is 144 Å². The summed E-state index contributed by atoms with van der Waals surface area (Å²) in [6.07, 6.45) is -0.570. The molecular weight excluding hydrogens is 330 g/mol. The molecule has 1 heterocycles. The highest BCUT2D eigenvalue weighted by Crippen LogP contribution is 2.14. The van der Waals surface area contributed by atoms with Crippen molar-refractivity contribution in [3.63, 3.8) is 0 Å². The van der Waals surface area contributed by atoms with Gasteiger partial charge in [0, 0.05) is 18.5 Å². The smallest absolute Gasteiger partial charge is 0.405 e. The minimum absolute atomic E-state index is 0.0772. The van der Waals surface area contributed by atoms with Crippen LogP contribution in [-0.2, 0) is 19.2 Å². The van der Waals surface area contributed by atoms with Gasteiger partial charge in [0.05, 0.1) is 5.56 Å². The number of hydroxylamine groups is 2. The molecule has 0 radical (unpaired) electrons. The number of nitrogen functional groups attached to an aromatic ring is 1. The maximum atomic E-state index is 11.6. The molecule has 1 aromatic rings. The number of rotatable bonds is 2. The van der Waals surface area contributed by atoms with Crippen molar-refractivity contribution in [1.29, 1.82) is 0 Å². The van der Waals surface area contributed by atoms with E-state index in [1.165, 1.54) is 24.3 Å². The lowest BCUT2D eigenvalue weighted by Crippen LogP contribution is -2.32. The van der Waals surface area contributed by atoms with E-state index < -0.39 is 29.5 Å². The van der Waals surface area contributed by atoms with E-state index in [1.807, 2.05) is 0 Å². The molecule has 0 bridgehead atoms. The molecular formula is C16H21N3O6. The Kier molecular flexibility index (Phi) is 6.49. The molecule has 1 fully saturated rings. The molecule has 0 atom stereocenters. The minimum Gasteiger partial charge on any atom is -0.444 e. The second kappa shape index (κ2) is 8.13. The van der Waals surface area contributed by atoms with Crippen LogP contribution in [0.1, 0.15) is 44.0 Å². The number of amides is 3. The molecule has 4 N–H and O–H groups in total. The lowest BCUT2D eigenvalue weighted by atomic mass is 10.2. The SMILES string of the molecule is CC(C)(C)OC(N)=O.Nc1ccc(C(=O)ON2C(=O)CCC2=O)cc1. The van der Waals surface area contributed by atoms with E-state index in [1.54, 1.807) is 20.8 Å². The van der Waals surface area contributed by atoms with Crippen LogP contribution in [0.2, 0.25) is 0 Å². The topological polar surface area (TPSA) is 142 Å². The Morgan fingerprint density at radius 1 is 1.04 bits per heavy atom. The van der Waals surface area contributed by atoms with E-state index in [-0.39, 0.29) is 18.4 Å². The van der Waals surface area contributed by atoms with Crippen LogP contribution < -0.4 is 11.5 Å². The summed E-state index contributed by atoms with van der Waals surface area (Å²) >= 11 is 0. The summed E-state index contributed by atoms with van der Waals surface area (Å²) in [6, 6.07) is 5.99. The molecule has 1 saturated heterocycles. The summed E-state index contributed by atoms with van der Waals surface area (Å²) in [6.45, 7) is 5.28. The Morgan fingerprint density at radius 2 is 1.52 bits per heavy atom. The van der Waals surface area contributed by atoms with Crippen LogP contribution in [0.15, 0.2) is 24.3 Å². The summed E-state index contributed by atoms with van der Waals surface area (Å²) in [5.41, 5.74) is 10.5. The molecule has 136 valence electrons. The van der Waals surface area contributed by atoms with Gasteiger partial charge < -0.3 is 21.0 Å². The maximum Gasteiger partial charge on any atom is 0.405 e. The highest BCUT2D eigenvalue weighted by molar-refractivity contribution is 6.02. The first kappa shape index (κ1) is 19.9. The van der Waals surface area contributed by atoms with E-state index in [4.69, 9.17) is 16.3 Å². The van der Waals surface area contributed by atoms with E-state index >= 15 is 0 Å². The number of nitrogens with zero attached hydrogens (tertiary/aromatic N) is 1. The van der Waals surface area contributed by atoms with Gasteiger partial charge in [0.25, 0.3) is 11.8 Å². The minimum atomic E-state index is -0.756. The average molecular weight is 351 g/mol. The first-order chi connectivity index (χ1) is 11.5. The van der Waals surface area contributed by atoms with Crippen molar-refractivity contribution >= 4 is 29.6 Å². The fraction of sp³-hybridized carbons (Fsp3) is 0.375. The zero-order valence-electron chi connectivity index (χ0n) is 14.3. The number of benzene rings is 1. The molecule has 3 amide bonds. The zero-order valence-corrected chi connectivity index (χ0v) is 14.3. The Hall–Kier alpha value is -3.10. The standard InChI is InChI=1S/C11H10N2O4.C5H11NO2/c12-8-3-1-7(2-4-8)11(16)17-13-9(14)5-6-10(13)15;1-5(2,3)8-4(6)7/h1-4H,5-6,12H2;1-3H3,(H2,6,7). The summed E-state index contributed by atoms with van der Waals surface area (Å²) in [4.78, 5) is 48.8. The quantitative estimate of drug-likeness (QED) is 0.605. The number of nitrogens with two attached hydrogens (primary N) is 2. The predicted octanol–water partition coefficient (Wildman–Crippen LogP) is 1.37. The van der Waals surface area contributed by atoms with E-state index in [2.05, 4.69) is 4.74 Å². The third-order valence-corrected chi connectivity index (χ3v) is 2.73. The predicted molar refractivity (Wildman–Crippen MR) is 87.8 cm³/mol. The van der Waals surface area contributed by atoms with Crippen LogP contribution in [0, 0.1) is 0 Å². The summed E-state index contributed by atoms with van der Waals surface area (Å²) in [5, 5.41) is 0.513. The van der Waals surface area contributed by atoms with Gasteiger partial charge in [-0.1, -0.05) is 0 Å². The van der Waals surface area contributed by atoms with Crippen molar-refractivity contribution in [2.45, 2.75) is 39.2 Å². The molecule has 9 nitrogen and oxygen atoms in total. The van der Waals surface area contributed by atoms with Gasteiger partial charge in [0.15, 0.2) is 0 Å². The van der Waals surface area contributed by atoms with Crippen molar-refractivity contribution in [2.24, 2.45) is 5.73 Å². The maximum absolute atomic E-state index is 11.6. The number of carbonyl (C=O) groups is 4. The summed E-state index contributed by atoms with van der Waals surface area (Å²) in [7, 11) is 0. The van der Waals surface area contributed by atoms with Crippen molar-refractivity contribution in [1.82, 2.24) is 5.06 Å². The number of hydrogen-bond donors (Lipinski definition) is 2. The highest BCUT2D eigenvalue weighted by Gasteiger charge is 2.33. The number of anilines is 1. The average Bonchev–Trinajstić information content (AvgIpc) is 2.78. The molecule has 1 aliphatic rings. The van der Waals surface area contributed by atoms with Crippen molar-refractivity contribution in [3.05, 3.63) is 29.8 Å². The monoisotopic (exact) mass is 351 g/mol. The van der Waals surface area contributed by atoms with Gasteiger partial charge >= 0.3 is 12.1 Å². The van der Waals surface area contributed by atoms with Crippen molar-refractivity contribution < 1.29 is 28.8 Å². The molecule has 2 rings (SSSR count). The third-order valence-electron chi connectivity index (χ3n) is 2.73. The van der Waals surface area contributed by atoms with Crippen LogP contribution in [0.3, 0.4) is 0 Å². The number of carbonyl (C=O) groups excluding carboxylic acids is 4. The lowest BCUT2D eigenvalue weighted by Gasteiger charge is -2.16. The molecule has 0 unspecified atom stereocenters. The van der Waals surface area contributed by atoms with Crippen molar-refractivity contribution in [2.75, 3.05) is 5.73 Å². The van der Waals surface area contributed by atoms with E-state index in [0.717, 1.165) is 0 Å². The van der Waals surface area contributed by atoms with E-state index in [9.17, 15) is 19.2 Å². The third kappa shape index (κ3) is 6.90. The number of hydrogen-bond acceptors (Lipinski definition) is 7. The Morgan fingerprint density at radius 3 is 1.88 bits per heavy atom. The molecule has 25 heavy (non-hydrogen) atoms. The highest BCUT2D eigenvalue weighted by atomic mass is 16.7. The van der Waals surface area contributed by atoms with Crippen LogP contribution >= 0.6 is 0 Å². The zero-order chi connectivity index (χ0) is 19.2. The fourth-order valence-electron chi connectivity index (χ4n) is 1.71. The Balaban J connectivity index is 0.000000333. The molecule has 1 aromatic carbocycles.